The van der Waals surface area contributed by atoms with Gasteiger partial charge in [-0.25, -0.2) is 0 Å². The van der Waals surface area contributed by atoms with Crippen LogP contribution < -0.4 is 10.6 Å². The van der Waals surface area contributed by atoms with Crippen molar-refractivity contribution in [1.29, 1.82) is 0 Å². The summed E-state index contributed by atoms with van der Waals surface area (Å²) in [5.74, 6) is 0.0642. The lowest BCUT2D eigenvalue weighted by molar-refractivity contribution is -0.120. The van der Waals surface area contributed by atoms with Gasteiger partial charge in [0, 0.05) is 6.54 Å². The minimum absolute atomic E-state index is 0.0642. The summed E-state index contributed by atoms with van der Waals surface area (Å²) in [7, 11) is 1.78. The first-order valence-electron chi connectivity index (χ1n) is 6.52. The van der Waals surface area contributed by atoms with Crippen molar-refractivity contribution in [2.45, 2.75) is 33.6 Å². The predicted octanol–water partition coefficient (Wildman–Crippen LogP) is 1.88. The quantitative estimate of drug-likeness (QED) is 0.755. The van der Waals surface area contributed by atoms with E-state index in [1.807, 2.05) is 0 Å². The molecule has 0 radical (unpaired) electrons. The Morgan fingerprint density at radius 1 is 1.11 bits per heavy atom. The van der Waals surface area contributed by atoms with Crippen LogP contribution in [0.4, 0.5) is 0 Å². The van der Waals surface area contributed by atoms with Gasteiger partial charge in [0.15, 0.2) is 0 Å². The summed E-state index contributed by atoms with van der Waals surface area (Å²) in [4.78, 5) is 11.2. The molecule has 2 N–H and O–H groups in total. The maximum absolute atomic E-state index is 11.2. The van der Waals surface area contributed by atoms with Crippen LogP contribution in [0.2, 0.25) is 0 Å². The molecule has 100 valence electrons. The maximum Gasteiger partial charge on any atom is 0.233 e. The van der Waals surface area contributed by atoms with Crippen molar-refractivity contribution in [2.24, 2.45) is 0 Å². The van der Waals surface area contributed by atoms with E-state index in [9.17, 15) is 4.79 Å². The van der Waals surface area contributed by atoms with Gasteiger partial charge in [-0.15, -0.1) is 0 Å². The van der Waals surface area contributed by atoms with Crippen LogP contribution in [0.3, 0.4) is 0 Å². The molecule has 0 aliphatic heterocycles. The Kier molecular flexibility index (Phi) is 5.86. The van der Waals surface area contributed by atoms with Crippen molar-refractivity contribution in [2.75, 3.05) is 20.1 Å². The second-order valence-corrected chi connectivity index (χ2v) is 4.85. The molecule has 0 aliphatic rings. The number of aryl methyl sites for hydroxylation is 4. The van der Waals surface area contributed by atoms with Crippen LogP contribution in [0.1, 0.15) is 28.7 Å². The van der Waals surface area contributed by atoms with Crippen molar-refractivity contribution < 1.29 is 4.79 Å². The molecule has 1 amide bonds. The first-order valence-corrected chi connectivity index (χ1v) is 6.52. The molecule has 0 fully saturated rings. The fourth-order valence-corrected chi connectivity index (χ4v) is 2.02. The van der Waals surface area contributed by atoms with E-state index in [2.05, 4.69) is 43.5 Å². The third-order valence-electron chi connectivity index (χ3n) is 3.23. The summed E-state index contributed by atoms with van der Waals surface area (Å²) < 4.78 is 0. The lowest BCUT2D eigenvalue weighted by atomic mass is 9.98. The molecule has 18 heavy (non-hydrogen) atoms. The van der Waals surface area contributed by atoms with E-state index in [1.165, 1.54) is 22.3 Å². The van der Waals surface area contributed by atoms with E-state index in [0.29, 0.717) is 6.54 Å². The Bertz CT molecular complexity index is 413. The number of amides is 1. The maximum atomic E-state index is 11.2. The molecule has 1 rings (SSSR count). The third kappa shape index (κ3) is 4.49. The van der Waals surface area contributed by atoms with E-state index < -0.39 is 0 Å². The molecular formula is C15H24N2O. The van der Waals surface area contributed by atoms with Gasteiger partial charge in [0.2, 0.25) is 5.91 Å². The minimum Gasteiger partial charge on any atom is -0.355 e. The van der Waals surface area contributed by atoms with Crippen LogP contribution in [0, 0.1) is 20.8 Å². The molecule has 0 bridgehead atoms. The van der Waals surface area contributed by atoms with E-state index >= 15 is 0 Å². The number of benzene rings is 1. The lowest BCUT2D eigenvalue weighted by Gasteiger charge is -2.10. The lowest BCUT2D eigenvalue weighted by Crippen LogP contribution is -2.32. The van der Waals surface area contributed by atoms with E-state index in [1.54, 1.807) is 7.05 Å². The highest BCUT2D eigenvalue weighted by Crippen LogP contribution is 2.16. The molecule has 0 saturated carbocycles. The van der Waals surface area contributed by atoms with Crippen LogP contribution in [0.15, 0.2) is 12.1 Å². The van der Waals surface area contributed by atoms with Crippen LogP contribution in [-0.4, -0.2) is 26.0 Å². The number of likely N-dealkylation sites (N-methyl/N-ethyl adjacent to an activating group) is 1. The molecule has 0 aliphatic carbocycles. The van der Waals surface area contributed by atoms with Crippen LogP contribution >= 0.6 is 0 Å². The first-order chi connectivity index (χ1) is 8.54. The van der Waals surface area contributed by atoms with Gasteiger partial charge in [0.1, 0.15) is 0 Å². The van der Waals surface area contributed by atoms with Crippen LogP contribution in [0.25, 0.3) is 0 Å². The topological polar surface area (TPSA) is 41.1 Å². The summed E-state index contributed by atoms with van der Waals surface area (Å²) >= 11 is 0. The molecule has 0 heterocycles. The van der Waals surface area contributed by atoms with Gasteiger partial charge in [0.05, 0.1) is 6.54 Å². The molecule has 0 unspecified atom stereocenters. The Labute approximate surface area is 110 Å². The van der Waals surface area contributed by atoms with Crippen molar-refractivity contribution >= 4 is 5.91 Å². The third-order valence-corrected chi connectivity index (χ3v) is 3.23. The zero-order valence-corrected chi connectivity index (χ0v) is 11.9. The molecule has 0 atom stereocenters. The Balaban J connectivity index is 2.40. The Morgan fingerprint density at radius 2 is 1.78 bits per heavy atom. The van der Waals surface area contributed by atoms with Gasteiger partial charge >= 0.3 is 0 Å². The van der Waals surface area contributed by atoms with Crippen LogP contribution in [0.5, 0.6) is 0 Å². The van der Waals surface area contributed by atoms with Crippen molar-refractivity contribution in [3.8, 4) is 0 Å². The first kappa shape index (κ1) is 14.7. The van der Waals surface area contributed by atoms with Gasteiger partial charge in [-0.05, 0) is 62.9 Å². The fourth-order valence-electron chi connectivity index (χ4n) is 2.02. The molecule has 1 aromatic carbocycles. The molecule has 3 nitrogen and oxygen atoms in total. The predicted molar refractivity (Wildman–Crippen MR) is 75.9 cm³/mol. The highest BCUT2D eigenvalue weighted by Gasteiger charge is 2.03. The molecule has 0 spiro atoms. The van der Waals surface area contributed by atoms with Gasteiger partial charge < -0.3 is 10.6 Å². The zero-order chi connectivity index (χ0) is 13.5. The average molecular weight is 248 g/mol. The minimum atomic E-state index is 0.0642. The van der Waals surface area contributed by atoms with Crippen molar-refractivity contribution in [3.05, 3.63) is 34.4 Å². The monoisotopic (exact) mass is 248 g/mol. The fraction of sp³-hybridized carbons (Fsp3) is 0.533. The second kappa shape index (κ2) is 7.17. The molecule has 3 heteroatoms. The van der Waals surface area contributed by atoms with Crippen molar-refractivity contribution in [3.63, 3.8) is 0 Å². The van der Waals surface area contributed by atoms with Gasteiger partial charge in [-0.1, -0.05) is 12.1 Å². The SMILES string of the molecule is CNCC(=O)NCCCc1cc(C)c(C)cc1C. The molecule has 1 aromatic rings. The second-order valence-electron chi connectivity index (χ2n) is 4.85. The van der Waals surface area contributed by atoms with Crippen molar-refractivity contribution in [1.82, 2.24) is 10.6 Å². The number of rotatable bonds is 6. The van der Waals surface area contributed by atoms with E-state index in [0.717, 1.165) is 19.4 Å². The highest BCUT2D eigenvalue weighted by molar-refractivity contribution is 5.77. The number of hydrogen-bond acceptors (Lipinski definition) is 2. The zero-order valence-electron chi connectivity index (χ0n) is 11.9. The smallest absolute Gasteiger partial charge is 0.233 e. The summed E-state index contributed by atoms with van der Waals surface area (Å²) in [6.45, 7) is 7.58. The summed E-state index contributed by atoms with van der Waals surface area (Å²) in [6.07, 6.45) is 2.01. The highest BCUT2D eigenvalue weighted by atomic mass is 16.1. The number of carbonyl (C=O) groups is 1. The standard InChI is InChI=1S/C15H24N2O/c1-11-8-13(3)14(9-12(11)2)6-5-7-17-15(18)10-16-4/h8-9,16H,5-7,10H2,1-4H3,(H,17,18). The largest absolute Gasteiger partial charge is 0.355 e. The van der Waals surface area contributed by atoms with Gasteiger partial charge in [-0.2, -0.15) is 0 Å². The summed E-state index contributed by atoms with van der Waals surface area (Å²) in [6, 6.07) is 4.50. The average Bonchev–Trinajstić information content (AvgIpc) is 2.31. The van der Waals surface area contributed by atoms with Gasteiger partial charge in [-0.3, -0.25) is 4.79 Å². The molecule has 0 saturated heterocycles. The number of carbonyl (C=O) groups excluding carboxylic acids is 1. The Hall–Kier alpha value is -1.35. The molecular weight excluding hydrogens is 224 g/mol. The number of nitrogens with one attached hydrogen (secondary N) is 2. The van der Waals surface area contributed by atoms with Crippen LogP contribution in [-0.2, 0) is 11.2 Å². The normalized spacial score (nSPS) is 10.4. The number of hydrogen-bond donors (Lipinski definition) is 2. The molecule has 0 aromatic heterocycles. The summed E-state index contributed by atoms with van der Waals surface area (Å²) in [5.41, 5.74) is 5.43. The van der Waals surface area contributed by atoms with E-state index in [4.69, 9.17) is 0 Å². The van der Waals surface area contributed by atoms with E-state index in [-0.39, 0.29) is 5.91 Å². The van der Waals surface area contributed by atoms with Gasteiger partial charge in [0.25, 0.3) is 0 Å². The Morgan fingerprint density at radius 3 is 2.44 bits per heavy atom. The summed E-state index contributed by atoms with van der Waals surface area (Å²) in [5, 5.41) is 5.73.